The van der Waals surface area contributed by atoms with Gasteiger partial charge in [0.25, 0.3) is 0 Å². The van der Waals surface area contributed by atoms with E-state index in [1.165, 1.54) is 22.0 Å². The Hall–Kier alpha value is -2.77. The summed E-state index contributed by atoms with van der Waals surface area (Å²) < 4.78 is 27.3. The van der Waals surface area contributed by atoms with Crippen molar-refractivity contribution >= 4 is 15.9 Å². The molecule has 174 valence electrons. The Morgan fingerprint density at radius 3 is 2.39 bits per heavy atom. The highest BCUT2D eigenvalue weighted by atomic mass is 32.2. The van der Waals surface area contributed by atoms with Crippen LogP contribution < -0.4 is 5.32 Å². The van der Waals surface area contributed by atoms with Gasteiger partial charge < -0.3 is 5.32 Å². The summed E-state index contributed by atoms with van der Waals surface area (Å²) in [6, 6.07) is 18.7. The van der Waals surface area contributed by atoms with Gasteiger partial charge in [-0.15, -0.1) is 0 Å². The molecule has 2 aliphatic rings. The normalized spacial score (nSPS) is 20.4. The minimum Gasteiger partial charge on any atom is -0.351 e. The molecule has 1 unspecified atom stereocenters. The van der Waals surface area contributed by atoms with E-state index in [0.717, 1.165) is 26.1 Å². The quantitative estimate of drug-likeness (QED) is 0.659. The van der Waals surface area contributed by atoms with Gasteiger partial charge in [-0.2, -0.15) is 9.57 Å². The van der Waals surface area contributed by atoms with Crippen LogP contribution in [-0.2, 0) is 21.4 Å². The number of sulfonamides is 1. The number of nitriles is 1. The molecule has 2 aromatic carbocycles. The number of nitrogens with zero attached hydrogens (tertiary/aromatic N) is 4. The summed E-state index contributed by atoms with van der Waals surface area (Å²) in [5, 5.41) is 12.4. The number of nitrogens with one attached hydrogen (secondary N) is 1. The van der Waals surface area contributed by atoms with Crippen LogP contribution in [0.15, 0.2) is 59.5 Å². The monoisotopic (exact) mass is 467 g/mol. The number of likely N-dealkylation sites (tertiary alicyclic amines) is 1. The summed E-state index contributed by atoms with van der Waals surface area (Å²) in [6.07, 6.45) is 0.933. The Morgan fingerprint density at radius 1 is 0.970 bits per heavy atom. The van der Waals surface area contributed by atoms with Crippen molar-refractivity contribution in [3.63, 3.8) is 0 Å². The summed E-state index contributed by atoms with van der Waals surface area (Å²) in [5.41, 5.74) is 1.42. The van der Waals surface area contributed by atoms with E-state index >= 15 is 0 Å². The largest absolute Gasteiger partial charge is 0.351 e. The van der Waals surface area contributed by atoms with Crippen LogP contribution in [0.1, 0.15) is 17.5 Å². The fourth-order valence-electron chi connectivity index (χ4n) is 4.46. The molecule has 2 aromatic rings. The summed E-state index contributed by atoms with van der Waals surface area (Å²) in [6.45, 7) is 4.49. The summed E-state index contributed by atoms with van der Waals surface area (Å²) in [5.74, 6) is -0.0207. The van der Waals surface area contributed by atoms with Crippen LogP contribution in [0.5, 0.6) is 0 Å². The van der Waals surface area contributed by atoms with Gasteiger partial charge in [-0.25, -0.2) is 8.42 Å². The van der Waals surface area contributed by atoms with Crippen LogP contribution in [0.25, 0.3) is 0 Å². The smallest absolute Gasteiger partial charge is 0.244 e. The molecule has 1 N–H and O–H groups in total. The van der Waals surface area contributed by atoms with Crippen molar-refractivity contribution in [1.29, 1.82) is 5.26 Å². The Kier molecular flexibility index (Phi) is 7.40. The van der Waals surface area contributed by atoms with Gasteiger partial charge in [0, 0.05) is 51.9 Å². The summed E-state index contributed by atoms with van der Waals surface area (Å²) >= 11 is 0. The van der Waals surface area contributed by atoms with Gasteiger partial charge >= 0.3 is 0 Å². The standard InChI is InChI=1S/C24H29N5O3S/c25-16-21-8-4-5-9-23(21)33(31,32)29-14-12-27(13-15-29)19-24(30)26-22-10-11-28(18-22)17-20-6-2-1-3-7-20/h1-9,22H,10-15,17-19H2,(H,26,30). The van der Waals surface area contributed by atoms with E-state index in [1.54, 1.807) is 12.1 Å². The highest BCUT2D eigenvalue weighted by molar-refractivity contribution is 7.89. The Labute approximate surface area is 195 Å². The molecule has 0 radical (unpaired) electrons. The average Bonchev–Trinajstić information content (AvgIpc) is 3.26. The molecule has 9 heteroatoms. The van der Waals surface area contributed by atoms with Gasteiger partial charge in [-0.1, -0.05) is 42.5 Å². The fraction of sp³-hybridized carbons (Fsp3) is 0.417. The summed E-state index contributed by atoms with van der Waals surface area (Å²) in [7, 11) is -3.73. The predicted molar refractivity (Wildman–Crippen MR) is 125 cm³/mol. The molecule has 2 saturated heterocycles. The number of piperazine rings is 1. The van der Waals surface area contributed by atoms with E-state index in [1.807, 2.05) is 29.2 Å². The highest BCUT2D eigenvalue weighted by Crippen LogP contribution is 2.21. The van der Waals surface area contributed by atoms with Crippen molar-refractivity contribution in [2.45, 2.75) is 23.9 Å². The first-order valence-corrected chi connectivity index (χ1v) is 12.7. The van der Waals surface area contributed by atoms with Crippen molar-refractivity contribution in [2.24, 2.45) is 0 Å². The van der Waals surface area contributed by atoms with E-state index in [2.05, 4.69) is 22.3 Å². The molecule has 0 aliphatic carbocycles. The first-order chi connectivity index (χ1) is 16.0. The maximum Gasteiger partial charge on any atom is 0.244 e. The second-order valence-corrected chi connectivity index (χ2v) is 10.5. The zero-order valence-electron chi connectivity index (χ0n) is 18.6. The topological polar surface area (TPSA) is 96.7 Å². The fourth-order valence-corrected chi connectivity index (χ4v) is 6.03. The molecule has 2 fully saturated rings. The van der Waals surface area contributed by atoms with Crippen LogP contribution in [0.2, 0.25) is 0 Å². The van der Waals surface area contributed by atoms with Crippen molar-refractivity contribution in [2.75, 3.05) is 45.8 Å². The second kappa shape index (κ2) is 10.4. The zero-order valence-corrected chi connectivity index (χ0v) is 19.4. The lowest BCUT2D eigenvalue weighted by atomic mass is 10.2. The van der Waals surface area contributed by atoms with Gasteiger partial charge in [0.1, 0.15) is 6.07 Å². The molecule has 33 heavy (non-hydrogen) atoms. The molecule has 2 aliphatic heterocycles. The molecule has 1 atom stereocenters. The maximum atomic E-state index is 13.0. The molecule has 0 aromatic heterocycles. The molecular formula is C24H29N5O3S. The van der Waals surface area contributed by atoms with Crippen LogP contribution in [-0.4, -0.2) is 80.3 Å². The maximum absolute atomic E-state index is 13.0. The lowest BCUT2D eigenvalue weighted by Crippen LogP contribution is -2.52. The predicted octanol–water partition coefficient (Wildman–Crippen LogP) is 1.26. The molecule has 0 bridgehead atoms. The third kappa shape index (κ3) is 5.78. The number of rotatable bonds is 7. The Balaban J connectivity index is 1.23. The molecule has 0 spiro atoms. The van der Waals surface area contributed by atoms with Crippen LogP contribution in [0.3, 0.4) is 0 Å². The second-order valence-electron chi connectivity index (χ2n) is 8.56. The third-order valence-electron chi connectivity index (χ3n) is 6.21. The minimum atomic E-state index is -3.73. The molecule has 1 amide bonds. The van der Waals surface area contributed by atoms with Crippen molar-refractivity contribution in [1.82, 2.24) is 19.4 Å². The van der Waals surface area contributed by atoms with E-state index in [4.69, 9.17) is 0 Å². The molecule has 0 saturated carbocycles. The van der Waals surface area contributed by atoms with Gasteiger partial charge in [0.15, 0.2) is 0 Å². The van der Waals surface area contributed by atoms with Crippen molar-refractivity contribution in [3.8, 4) is 6.07 Å². The minimum absolute atomic E-state index is 0.0207. The lowest BCUT2D eigenvalue weighted by molar-refractivity contribution is -0.123. The van der Waals surface area contributed by atoms with Crippen LogP contribution >= 0.6 is 0 Å². The van der Waals surface area contributed by atoms with Crippen LogP contribution in [0.4, 0.5) is 0 Å². The number of hydrogen-bond acceptors (Lipinski definition) is 6. The summed E-state index contributed by atoms with van der Waals surface area (Å²) in [4.78, 5) is 16.9. The average molecular weight is 468 g/mol. The van der Waals surface area contributed by atoms with E-state index < -0.39 is 10.0 Å². The van der Waals surface area contributed by atoms with E-state index in [-0.39, 0.29) is 29.0 Å². The number of carbonyl (C=O) groups is 1. The Morgan fingerprint density at radius 2 is 1.67 bits per heavy atom. The molecule has 8 nitrogen and oxygen atoms in total. The van der Waals surface area contributed by atoms with E-state index in [0.29, 0.717) is 26.2 Å². The molecule has 4 rings (SSSR count). The number of carbonyl (C=O) groups excluding carboxylic acids is 1. The highest BCUT2D eigenvalue weighted by Gasteiger charge is 2.31. The van der Waals surface area contributed by atoms with Crippen molar-refractivity contribution < 1.29 is 13.2 Å². The van der Waals surface area contributed by atoms with Gasteiger partial charge in [0.05, 0.1) is 17.0 Å². The molecule has 2 heterocycles. The van der Waals surface area contributed by atoms with Gasteiger partial charge in [0.2, 0.25) is 15.9 Å². The molecular weight excluding hydrogens is 438 g/mol. The lowest BCUT2D eigenvalue weighted by Gasteiger charge is -2.33. The SMILES string of the molecule is N#Cc1ccccc1S(=O)(=O)N1CCN(CC(=O)NC2CCN(Cc3ccccc3)C2)CC1. The zero-order chi connectivity index (χ0) is 23.3. The first-order valence-electron chi connectivity index (χ1n) is 11.2. The van der Waals surface area contributed by atoms with Crippen molar-refractivity contribution in [3.05, 3.63) is 65.7 Å². The first kappa shape index (κ1) is 23.4. The number of amides is 1. The number of benzene rings is 2. The Bertz CT molecular complexity index is 1110. The van der Waals surface area contributed by atoms with Gasteiger partial charge in [-0.3, -0.25) is 14.6 Å². The number of hydrogen-bond donors (Lipinski definition) is 1. The third-order valence-corrected chi connectivity index (χ3v) is 8.17. The van der Waals surface area contributed by atoms with Gasteiger partial charge in [-0.05, 0) is 24.1 Å². The van der Waals surface area contributed by atoms with E-state index in [9.17, 15) is 18.5 Å². The van der Waals surface area contributed by atoms with Crippen LogP contribution in [0, 0.1) is 11.3 Å².